The van der Waals surface area contributed by atoms with Crippen LogP contribution in [0.15, 0.2) is 0 Å². The lowest BCUT2D eigenvalue weighted by molar-refractivity contribution is -0.114. The summed E-state index contributed by atoms with van der Waals surface area (Å²) in [4.78, 5) is 10.6. The molecule has 1 radical (unpaired) electrons. The second-order valence-corrected chi connectivity index (χ2v) is 4.43. The van der Waals surface area contributed by atoms with Crippen LogP contribution in [-0.2, 0) is 4.79 Å². The lowest BCUT2D eigenvalue weighted by Gasteiger charge is -2.01. The highest BCUT2D eigenvalue weighted by molar-refractivity contribution is 5.84. The molecule has 0 spiro atoms. The minimum absolute atomic E-state index is 0.217. The Bertz CT molecular complexity index is 140. The van der Waals surface area contributed by atoms with Crippen molar-refractivity contribution < 1.29 is 4.79 Å². The fourth-order valence-corrected chi connectivity index (χ4v) is 1.76. The van der Waals surface area contributed by atoms with E-state index in [0.717, 1.165) is 6.42 Å². The van der Waals surface area contributed by atoms with Crippen LogP contribution in [0.1, 0.15) is 78.1 Å². The summed E-state index contributed by atoms with van der Waals surface area (Å²) in [6.07, 6.45) is 14.9. The summed E-state index contributed by atoms with van der Waals surface area (Å²) in [6, 6.07) is 0. The first-order valence-electron chi connectivity index (χ1n) is 6.61. The monoisotopic (exact) mass is 211 g/mol. The number of hydrogen-bond donors (Lipinski definition) is 0. The molecular formula is C14H27O. The molecule has 0 aliphatic heterocycles. The maximum atomic E-state index is 10.6. The van der Waals surface area contributed by atoms with Crippen LogP contribution in [0.5, 0.6) is 0 Å². The van der Waals surface area contributed by atoms with E-state index in [1.54, 1.807) is 13.3 Å². The van der Waals surface area contributed by atoms with E-state index in [1.165, 1.54) is 57.8 Å². The third-order valence-corrected chi connectivity index (χ3v) is 2.74. The Kier molecular flexibility index (Phi) is 11.5. The number of carbonyl (C=O) groups excluding carboxylic acids is 1. The van der Waals surface area contributed by atoms with Gasteiger partial charge in [-0.15, -0.1) is 0 Å². The van der Waals surface area contributed by atoms with Gasteiger partial charge in [0.25, 0.3) is 0 Å². The van der Waals surface area contributed by atoms with E-state index in [1.807, 2.05) is 0 Å². The van der Waals surface area contributed by atoms with E-state index in [4.69, 9.17) is 0 Å². The molecule has 89 valence electrons. The smallest absolute Gasteiger partial charge is 0.133 e. The van der Waals surface area contributed by atoms with Gasteiger partial charge in [-0.1, -0.05) is 64.7 Å². The zero-order chi connectivity index (χ0) is 11.4. The molecule has 0 aliphatic carbocycles. The van der Waals surface area contributed by atoms with Crippen molar-refractivity contribution in [1.82, 2.24) is 0 Å². The van der Waals surface area contributed by atoms with E-state index >= 15 is 0 Å². The third kappa shape index (κ3) is 13.7. The average molecular weight is 211 g/mol. The maximum Gasteiger partial charge on any atom is 0.133 e. The standard InChI is InChI=1S/C14H27O/c1-3-4-5-6-7-8-9-10-11-12-13-14(2)15/h13H,3-12H2,1-2H3. The summed E-state index contributed by atoms with van der Waals surface area (Å²) in [5.74, 6) is 0.217. The molecule has 0 rings (SSSR count). The molecule has 0 unspecified atom stereocenters. The Morgan fingerprint density at radius 3 is 1.80 bits per heavy atom. The van der Waals surface area contributed by atoms with Gasteiger partial charge in [0.2, 0.25) is 0 Å². The normalized spacial score (nSPS) is 10.5. The first-order valence-corrected chi connectivity index (χ1v) is 6.61. The van der Waals surface area contributed by atoms with Crippen LogP contribution in [0.2, 0.25) is 0 Å². The van der Waals surface area contributed by atoms with Gasteiger partial charge in [0.15, 0.2) is 0 Å². The zero-order valence-corrected chi connectivity index (χ0v) is 10.6. The fraction of sp³-hybridized carbons (Fsp3) is 0.857. The molecular weight excluding hydrogens is 184 g/mol. The van der Waals surface area contributed by atoms with E-state index < -0.39 is 0 Å². The molecule has 0 saturated carbocycles. The van der Waals surface area contributed by atoms with Gasteiger partial charge in [0.1, 0.15) is 5.78 Å². The first-order chi connectivity index (χ1) is 7.27. The molecule has 0 aromatic heterocycles. The van der Waals surface area contributed by atoms with Crippen molar-refractivity contribution in [3.05, 3.63) is 6.42 Å². The lowest BCUT2D eigenvalue weighted by Crippen LogP contribution is -1.90. The van der Waals surface area contributed by atoms with Crippen molar-refractivity contribution in [1.29, 1.82) is 0 Å². The zero-order valence-electron chi connectivity index (χ0n) is 10.6. The quantitative estimate of drug-likeness (QED) is 0.453. The molecule has 0 bridgehead atoms. The number of ketones is 1. The maximum absolute atomic E-state index is 10.6. The SMILES string of the molecule is CCCCCCCCCCC[CH]C(C)=O. The first kappa shape index (κ1) is 14.7. The molecule has 0 fully saturated rings. The van der Waals surface area contributed by atoms with Crippen LogP contribution >= 0.6 is 0 Å². The summed E-state index contributed by atoms with van der Waals surface area (Å²) in [5, 5.41) is 0. The summed E-state index contributed by atoms with van der Waals surface area (Å²) in [6.45, 7) is 3.89. The van der Waals surface area contributed by atoms with Gasteiger partial charge in [0.05, 0.1) is 0 Å². The molecule has 0 heterocycles. The number of Topliss-reactive ketones (excluding diaryl/α,β-unsaturated/α-hetero) is 1. The van der Waals surface area contributed by atoms with Crippen LogP contribution in [0.4, 0.5) is 0 Å². The molecule has 0 aromatic carbocycles. The van der Waals surface area contributed by atoms with Crippen molar-refractivity contribution in [2.45, 2.75) is 78.1 Å². The molecule has 1 heteroatoms. The van der Waals surface area contributed by atoms with Gasteiger partial charge in [-0.25, -0.2) is 0 Å². The highest BCUT2D eigenvalue weighted by Crippen LogP contribution is 2.10. The topological polar surface area (TPSA) is 17.1 Å². The molecule has 15 heavy (non-hydrogen) atoms. The third-order valence-electron chi connectivity index (χ3n) is 2.74. The average Bonchev–Trinajstić information content (AvgIpc) is 2.20. The Balaban J connectivity index is 2.89. The molecule has 0 aliphatic rings. The largest absolute Gasteiger partial charge is 0.300 e. The summed E-state index contributed by atoms with van der Waals surface area (Å²) in [7, 11) is 0. The van der Waals surface area contributed by atoms with E-state index in [-0.39, 0.29) is 5.78 Å². The summed E-state index contributed by atoms with van der Waals surface area (Å²) >= 11 is 0. The minimum Gasteiger partial charge on any atom is -0.300 e. The molecule has 1 nitrogen and oxygen atoms in total. The summed E-state index contributed by atoms with van der Waals surface area (Å²) in [5.41, 5.74) is 0. The Hall–Kier alpha value is -0.330. The second-order valence-electron chi connectivity index (χ2n) is 4.43. The number of carbonyl (C=O) groups is 1. The fourth-order valence-electron chi connectivity index (χ4n) is 1.76. The second kappa shape index (κ2) is 11.7. The van der Waals surface area contributed by atoms with Crippen LogP contribution < -0.4 is 0 Å². The van der Waals surface area contributed by atoms with Crippen LogP contribution in [0.25, 0.3) is 0 Å². The number of rotatable bonds is 11. The van der Waals surface area contributed by atoms with Crippen molar-refractivity contribution in [2.75, 3.05) is 0 Å². The molecule has 0 amide bonds. The summed E-state index contributed by atoms with van der Waals surface area (Å²) < 4.78 is 0. The highest BCUT2D eigenvalue weighted by Gasteiger charge is 1.95. The predicted molar refractivity (Wildman–Crippen MR) is 66.8 cm³/mol. The molecule has 0 aromatic rings. The Morgan fingerprint density at radius 2 is 1.33 bits per heavy atom. The van der Waals surface area contributed by atoms with Crippen molar-refractivity contribution >= 4 is 5.78 Å². The van der Waals surface area contributed by atoms with E-state index in [0.29, 0.717) is 0 Å². The van der Waals surface area contributed by atoms with Crippen molar-refractivity contribution in [3.63, 3.8) is 0 Å². The number of hydrogen-bond acceptors (Lipinski definition) is 1. The number of unbranched alkanes of at least 4 members (excludes halogenated alkanes) is 9. The molecule has 0 N–H and O–H groups in total. The highest BCUT2D eigenvalue weighted by atomic mass is 16.1. The van der Waals surface area contributed by atoms with E-state index in [2.05, 4.69) is 6.92 Å². The Morgan fingerprint density at radius 1 is 0.867 bits per heavy atom. The van der Waals surface area contributed by atoms with Crippen LogP contribution in [-0.4, -0.2) is 5.78 Å². The van der Waals surface area contributed by atoms with Gasteiger partial charge < -0.3 is 0 Å². The molecule has 0 saturated heterocycles. The van der Waals surface area contributed by atoms with Gasteiger partial charge in [0, 0.05) is 6.42 Å². The predicted octanol–water partition coefficient (Wildman–Crippen LogP) is 4.70. The van der Waals surface area contributed by atoms with E-state index in [9.17, 15) is 4.79 Å². The molecule has 0 atom stereocenters. The Labute approximate surface area is 95.6 Å². The van der Waals surface area contributed by atoms with Crippen molar-refractivity contribution in [3.8, 4) is 0 Å². The lowest BCUT2D eigenvalue weighted by atomic mass is 10.1. The van der Waals surface area contributed by atoms with Gasteiger partial charge >= 0.3 is 0 Å². The van der Waals surface area contributed by atoms with Crippen LogP contribution in [0, 0.1) is 6.42 Å². The van der Waals surface area contributed by atoms with Gasteiger partial charge in [-0.3, -0.25) is 4.79 Å². The van der Waals surface area contributed by atoms with Crippen molar-refractivity contribution in [2.24, 2.45) is 0 Å². The van der Waals surface area contributed by atoms with Crippen LogP contribution in [0.3, 0.4) is 0 Å². The minimum atomic E-state index is 0.217. The van der Waals surface area contributed by atoms with Gasteiger partial charge in [-0.05, 0) is 13.3 Å². The van der Waals surface area contributed by atoms with Gasteiger partial charge in [-0.2, -0.15) is 0 Å².